The second kappa shape index (κ2) is 6.59. The van der Waals surface area contributed by atoms with Gasteiger partial charge >= 0.3 is 0 Å². The van der Waals surface area contributed by atoms with Crippen LogP contribution in [-0.4, -0.2) is 46.0 Å². The summed E-state index contributed by atoms with van der Waals surface area (Å²) in [5, 5.41) is 1.34. The lowest BCUT2D eigenvalue weighted by Crippen LogP contribution is -2.46. The Morgan fingerprint density at radius 3 is 2.77 bits per heavy atom. The maximum absolute atomic E-state index is 4.87. The third-order valence-electron chi connectivity index (χ3n) is 5.44. The van der Waals surface area contributed by atoms with Crippen molar-refractivity contribution in [1.82, 2.24) is 19.9 Å². The van der Waals surface area contributed by atoms with E-state index >= 15 is 0 Å². The molecule has 3 aromatic heterocycles. The smallest absolute Gasteiger partial charge is 0.141 e. The molecular weight excluding hydrogens is 342 g/mol. The van der Waals surface area contributed by atoms with Crippen molar-refractivity contribution in [3.63, 3.8) is 0 Å². The van der Waals surface area contributed by atoms with Gasteiger partial charge in [-0.2, -0.15) is 0 Å². The van der Waals surface area contributed by atoms with E-state index in [0.717, 1.165) is 44.2 Å². The van der Waals surface area contributed by atoms with Gasteiger partial charge in [-0.1, -0.05) is 6.07 Å². The van der Waals surface area contributed by atoms with Crippen molar-refractivity contribution in [2.75, 3.05) is 31.1 Å². The number of pyridine rings is 1. The monoisotopic (exact) mass is 365 g/mol. The van der Waals surface area contributed by atoms with Gasteiger partial charge in [-0.05, 0) is 43.9 Å². The number of nitrogens with zero attached hydrogens (tertiary/aromatic N) is 5. The predicted molar refractivity (Wildman–Crippen MR) is 106 cm³/mol. The largest absolute Gasteiger partial charge is 0.353 e. The molecule has 0 bridgehead atoms. The second-order valence-corrected chi connectivity index (χ2v) is 8.30. The Morgan fingerprint density at radius 1 is 1.08 bits per heavy atom. The molecule has 0 unspecified atom stereocenters. The predicted octanol–water partition coefficient (Wildman–Crippen LogP) is 3.21. The number of piperazine rings is 1. The fourth-order valence-corrected chi connectivity index (χ4v) is 5.45. The molecule has 1 aliphatic heterocycles. The summed E-state index contributed by atoms with van der Waals surface area (Å²) in [4.78, 5) is 21.7. The van der Waals surface area contributed by atoms with Gasteiger partial charge in [0.1, 0.15) is 16.5 Å². The Morgan fingerprint density at radius 2 is 1.96 bits per heavy atom. The molecule has 4 heterocycles. The number of aromatic nitrogens is 3. The average molecular weight is 366 g/mol. The Hall–Kier alpha value is -2.05. The van der Waals surface area contributed by atoms with E-state index in [1.54, 1.807) is 0 Å². The van der Waals surface area contributed by atoms with Crippen LogP contribution in [0.2, 0.25) is 0 Å². The number of hydrogen-bond donors (Lipinski definition) is 0. The van der Waals surface area contributed by atoms with E-state index in [1.807, 2.05) is 30.5 Å². The molecule has 0 atom stereocenters. The SMILES string of the molecule is Cc1nc(N2CCN(Cc3ccccn3)CC2)c2c3c(sc2n1)CCC3. The molecule has 0 aromatic carbocycles. The molecule has 0 N–H and O–H groups in total. The van der Waals surface area contributed by atoms with Crippen LogP contribution in [0.4, 0.5) is 5.82 Å². The molecular formula is C20H23N5S. The van der Waals surface area contributed by atoms with E-state index in [9.17, 15) is 0 Å². The first-order valence-electron chi connectivity index (χ1n) is 9.44. The summed E-state index contributed by atoms with van der Waals surface area (Å²) < 4.78 is 0. The highest BCUT2D eigenvalue weighted by Crippen LogP contribution is 2.40. The van der Waals surface area contributed by atoms with Crippen LogP contribution in [0.25, 0.3) is 10.2 Å². The van der Waals surface area contributed by atoms with Crippen LogP contribution in [0, 0.1) is 6.92 Å². The minimum Gasteiger partial charge on any atom is -0.353 e. The molecule has 1 aliphatic carbocycles. The van der Waals surface area contributed by atoms with Crippen LogP contribution in [-0.2, 0) is 19.4 Å². The zero-order valence-electron chi connectivity index (χ0n) is 15.1. The first kappa shape index (κ1) is 16.1. The van der Waals surface area contributed by atoms with Crippen molar-refractivity contribution in [2.24, 2.45) is 0 Å². The molecule has 6 heteroatoms. The number of fused-ring (bicyclic) bond motifs is 3. The van der Waals surface area contributed by atoms with Crippen LogP contribution in [0.15, 0.2) is 24.4 Å². The highest BCUT2D eigenvalue weighted by Gasteiger charge is 2.26. The molecule has 2 aliphatic rings. The van der Waals surface area contributed by atoms with Crippen LogP contribution in [0.1, 0.15) is 28.4 Å². The number of thiophene rings is 1. The van der Waals surface area contributed by atoms with E-state index in [1.165, 1.54) is 45.7 Å². The van der Waals surface area contributed by atoms with Crippen molar-refractivity contribution in [1.29, 1.82) is 0 Å². The highest BCUT2D eigenvalue weighted by molar-refractivity contribution is 7.19. The maximum Gasteiger partial charge on any atom is 0.141 e. The standard InChI is InChI=1S/C20H23N5S/c1-14-22-19(18-16-6-4-7-17(16)26-20(18)23-14)25-11-9-24(10-12-25)13-15-5-2-3-8-21-15/h2-3,5,8H,4,6-7,9-13H2,1H3. The molecule has 134 valence electrons. The summed E-state index contributed by atoms with van der Waals surface area (Å²) in [6.07, 6.45) is 5.56. The van der Waals surface area contributed by atoms with E-state index in [4.69, 9.17) is 9.97 Å². The minimum atomic E-state index is 0.892. The zero-order valence-corrected chi connectivity index (χ0v) is 15.9. The third-order valence-corrected chi connectivity index (χ3v) is 6.63. The van der Waals surface area contributed by atoms with Crippen molar-refractivity contribution >= 4 is 27.4 Å². The Bertz CT molecular complexity index is 928. The van der Waals surface area contributed by atoms with E-state index in [0.29, 0.717) is 0 Å². The lowest BCUT2D eigenvalue weighted by atomic mass is 10.1. The summed E-state index contributed by atoms with van der Waals surface area (Å²) >= 11 is 1.88. The molecule has 0 radical (unpaired) electrons. The lowest BCUT2D eigenvalue weighted by molar-refractivity contribution is 0.246. The number of aryl methyl sites for hydroxylation is 3. The molecule has 5 nitrogen and oxygen atoms in total. The Balaban J connectivity index is 1.38. The molecule has 0 spiro atoms. The van der Waals surface area contributed by atoms with Crippen molar-refractivity contribution in [3.8, 4) is 0 Å². The molecule has 26 heavy (non-hydrogen) atoms. The summed E-state index contributed by atoms with van der Waals surface area (Å²) in [6, 6.07) is 6.15. The molecule has 1 fully saturated rings. The van der Waals surface area contributed by atoms with Gasteiger partial charge in [0.25, 0.3) is 0 Å². The third kappa shape index (κ3) is 2.87. The normalized spacial score (nSPS) is 17.8. The summed E-state index contributed by atoms with van der Waals surface area (Å²) in [6.45, 7) is 7.08. The molecule has 0 amide bonds. The van der Waals surface area contributed by atoms with Gasteiger partial charge in [0.15, 0.2) is 0 Å². The van der Waals surface area contributed by atoms with Gasteiger partial charge < -0.3 is 4.90 Å². The van der Waals surface area contributed by atoms with Gasteiger partial charge in [-0.25, -0.2) is 9.97 Å². The van der Waals surface area contributed by atoms with E-state index in [2.05, 4.69) is 26.9 Å². The van der Waals surface area contributed by atoms with E-state index in [-0.39, 0.29) is 0 Å². The fraction of sp³-hybridized carbons (Fsp3) is 0.450. The van der Waals surface area contributed by atoms with Gasteiger partial charge in [0.05, 0.1) is 11.1 Å². The van der Waals surface area contributed by atoms with Crippen LogP contribution < -0.4 is 4.90 Å². The number of rotatable bonds is 3. The summed E-state index contributed by atoms with van der Waals surface area (Å²) in [7, 11) is 0. The highest BCUT2D eigenvalue weighted by atomic mass is 32.1. The summed E-state index contributed by atoms with van der Waals surface area (Å²) in [5.41, 5.74) is 2.67. The van der Waals surface area contributed by atoms with Gasteiger partial charge in [0.2, 0.25) is 0 Å². The molecule has 0 saturated carbocycles. The number of anilines is 1. The molecule has 5 rings (SSSR count). The first-order chi connectivity index (χ1) is 12.8. The van der Waals surface area contributed by atoms with Gasteiger partial charge in [-0.15, -0.1) is 11.3 Å². The maximum atomic E-state index is 4.87. The summed E-state index contributed by atoms with van der Waals surface area (Å²) in [5.74, 6) is 2.06. The quantitative estimate of drug-likeness (QED) is 0.713. The van der Waals surface area contributed by atoms with Crippen LogP contribution >= 0.6 is 11.3 Å². The van der Waals surface area contributed by atoms with Gasteiger partial charge in [0, 0.05) is 43.8 Å². The van der Waals surface area contributed by atoms with Crippen LogP contribution in [0.3, 0.4) is 0 Å². The van der Waals surface area contributed by atoms with Crippen LogP contribution in [0.5, 0.6) is 0 Å². The fourth-order valence-electron chi connectivity index (χ4n) is 4.15. The average Bonchev–Trinajstić information content (AvgIpc) is 3.23. The second-order valence-electron chi connectivity index (χ2n) is 7.22. The zero-order chi connectivity index (χ0) is 17.5. The van der Waals surface area contributed by atoms with Crippen molar-refractivity contribution < 1.29 is 0 Å². The first-order valence-corrected chi connectivity index (χ1v) is 10.3. The minimum absolute atomic E-state index is 0.892. The molecule has 3 aromatic rings. The van der Waals surface area contributed by atoms with Crippen molar-refractivity contribution in [2.45, 2.75) is 32.7 Å². The Kier molecular flexibility index (Phi) is 4.10. The van der Waals surface area contributed by atoms with Gasteiger partial charge in [-0.3, -0.25) is 9.88 Å². The topological polar surface area (TPSA) is 45.2 Å². The van der Waals surface area contributed by atoms with Crippen molar-refractivity contribution in [3.05, 3.63) is 46.4 Å². The lowest BCUT2D eigenvalue weighted by Gasteiger charge is -2.35. The number of hydrogen-bond acceptors (Lipinski definition) is 6. The Labute approximate surface area is 157 Å². The molecule has 1 saturated heterocycles. The van der Waals surface area contributed by atoms with E-state index < -0.39 is 0 Å².